The van der Waals surface area contributed by atoms with E-state index in [2.05, 4.69) is 17.4 Å². The maximum absolute atomic E-state index is 12.2. The predicted octanol–water partition coefficient (Wildman–Crippen LogP) is 1.46. The lowest BCUT2D eigenvalue weighted by atomic mass is 10.1. The molecule has 1 amide bonds. The number of hydrogen-bond acceptors (Lipinski definition) is 3. The monoisotopic (exact) mass is 261 g/mol. The molecule has 1 aliphatic rings. The largest absolute Gasteiger partial charge is 0.365 e. The van der Waals surface area contributed by atoms with Gasteiger partial charge < -0.3 is 15.1 Å². The molecule has 4 nitrogen and oxygen atoms in total. The minimum atomic E-state index is 0.235. The van der Waals surface area contributed by atoms with Crippen LogP contribution in [0.15, 0.2) is 24.3 Å². The first-order valence-corrected chi connectivity index (χ1v) is 6.94. The van der Waals surface area contributed by atoms with E-state index in [0.29, 0.717) is 6.54 Å². The predicted molar refractivity (Wildman–Crippen MR) is 78.3 cm³/mol. The molecule has 1 aromatic carbocycles. The highest BCUT2D eigenvalue weighted by atomic mass is 16.2. The van der Waals surface area contributed by atoms with E-state index in [9.17, 15) is 4.79 Å². The summed E-state index contributed by atoms with van der Waals surface area (Å²) in [6.07, 6.45) is 2.29. The average Bonchev–Trinajstić information content (AvgIpc) is 2.93. The maximum Gasteiger partial charge on any atom is 0.242 e. The first-order valence-electron chi connectivity index (χ1n) is 6.94. The number of benzene rings is 1. The molecule has 0 bridgehead atoms. The third-order valence-corrected chi connectivity index (χ3v) is 3.60. The lowest BCUT2D eigenvalue weighted by molar-refractivity contribution is -0.128. The number of likely N-dealkylation sites (tertiary alicyclic amines) is 1. The second kappa shape index (κ2) is 6.57. The molecule has 1 heterocycles. The number of carbonyl (C=O) groups excluding carboxylic acids is 1. The van der Waals surface area contributed by atoms with Crippen LogP contribution < -0.4 is 10.2 Å². The fraction of sp³-hybridized carbons (Fsp3) is 0.533. The van der Waals surface area contributed by atoms with E-state index in [1.807, 2.05) is 36.0 Å². The SMILES string of the molecule is CNCc1ccccc1N(C)CC(=O)N1CCCC1. The second-order valence-corrected chi connectivity index (χ2v) is 5.10. The molecule has 4 heteroatoms. The molecule has 0 saturated carbocycles. The van der Waals surface area contributed by atoms with Crippen LogP contribution in [0.1, 0.15) is 18.4 Å². The summed E-state index contributed by atoms with van der Waals surface area (Å²) in [7, 11) is 3.93. The van der Waals surface area contributed by atoms with Gasteiger partial charge in [0.25, 0.3) is 0 Å². The van der Waals surface area contributed by atoms with Crippen LogP contribution >= 0.6 is 0 Å². The molecule has 1 saturated heterocycles. The molecule has 0 spiro atoms. The Kier molecular flexibility index (Phi) is 4.80. The van der Waals surface area contributed by atoms with E-state index in [1.54, 1.807) is 0 Å². The molecule has 0 aliphatic carbocycles. The summed E-state index contributed by atoms with van der Waals surface area (Å²) in [5.41, 5.74) is 2.35. The number of anilines is 1. The minimum absolute atomic E-state index is 0.235. The zero-order valence-electron chi connectivity index (χ0n) is 11.9. The van der Waals surface area contributed by atoms with Crippen molar-refractivity contribution in [3.63, 3.8) is 0 Å². The smallest absolute Gasteiger partial charge is 0.242 e. The van der Waals surface area contributed by atoms with Crippen molar-refractivity contribution in [1.82, 2.24) is 10.2 Å². The van der Waals surface area contributed by atoms with Crippen molar-refractivity contribution >= 4 is 11.6 Å². The second-order valence-electron chi connectivity index (χ2n) is 5.10. The highest BCUT2D eigenvalue weighted by Crippen LogP contribution is 2.19. The van der Waals surface area contributed by atoms with Crippen molar-refractivity contribution in [2.75, 3.05) is 38.6 Å². The van der Waals surface area contributed by atoms with E-state index in [-0.39, 0.29) is 5.91 Å². The van der Waals surface area contributed by atoms with E-state index >= 15 is 0 Å². The topological polar surface area (TPSA) is 35.6 Å². The summed E-state index contributed by atoms with van der Waals surface area (Å²) in [4.78, 5) is 16.2. The van der Waals surface area contributed by atoms with Gasteiger partial charge in [-0.15, -0.1) is 0 Å². The van der Waals surface area contributed by atoms with Crippen molar-refractivity contribution in [3.05, 3.63) is 29.8 Å². The van der Waals surface area contributed by atoms with Crippen LogP contribution in [-0.4, -0.2) is 44.5 Å². The normalized spacial score (nSPS) is 14.7. The molecule has 1 aromatic rings. The summed E-state index contributed by atoms with van der Waals surface area (Å²) < 4.78 is 0. The third kappa shape index (κ3) is 3.47. The summed E-state index contributed by atoms with van der Waals surface area (Å²) in [6, 6.07) is 8.23. The van der Waals surface area contributed by atoms with Gasteiger partial charge in [0, 0.05) is 32.4 Å². The Balaban J connectivity index is 2.02. The van der Waals surface area contributed by atoms with Crippen LogP contribution in [0.5, 0.6) is 0 Å². The Morgan fingerprint density at radius 3 is 2.68 bits per heavy atom. The number of para-hydroxylation sites is 1. The summed E-state index contributed by atoms with van der Waals surface area (Å²) in [6.45, 7) is 3.12. The molecule has 1 aliphatic heterocycles. The summed E-state index contributed by atoms with van der Waals surface area (Å²) in [5.74, 6) is 0.235. The van der Waals surface area contributed by atoms with E-state index in [1.165, 1.54) is 5.56 Å². The number of hydrogen-bond donors (Lipinski definition) is 1. The Hall–Kier alpha value is -1.55. The Labute approximate surface area is 115 Å². The first kappa shape index (κ1) is 13.9. The molecule has 0 aromatic heterocycles. The molecule has 0 radical (unpaired) electrons. The Morgan fingerprint density at radius 1 is 1.32 bits per heavy atom. The van der Waals surface area contributed by atoms with Crippen molar-refractivity contribution < 1.29 is 4.79 Å². The van der Waals surface area contributed by atoms with Crippen LogP contribution in [0.25, 0.3) is 0 Å². The molecular formula is C15H23N3O. The highest BCUT2D eigenvalue weighted by Gasteiger charge is 2.19. The van der Waals surface area contributed by atoms with Gasteiger partial charge in [0.15, 0.2) is 0 Å². The number of amides is 1. The van der Waals surface area contributed by atoms with E-state index in [0.717, 1.165) is 38.2 Å². The van der Waals surface area contributed by atoms with Crippen LogP contribution in [0.3, 0.4) is 0 Å². The van der Waals surface area contributed by atoms with Gasteiger partial charge in [-0.05, 0) is 31.5 Å². The molecule has 2 rings (SSSR count). The number of nitrogens with zero attached hydrogens (tertiary/aromatic N) is 2. The van der Waals surface area contributed by atoms with Gasteiger partial charge in [-0.1, -0.05) is 18.2 Å². The number of rotatable bonds is 5. The molecule has 19 heavy (non-hydrogen) atoms. The van der Waals surface area contributed by atoms with Gasteiger partial charge >= 0.3 is 0 Å². The van der Waals surface area contributed by atoms with Gasteiger partial charge in [-0.2, -0.15) is 0 Å². The highest BCUT2D eigenvalue weighted by molar-refractivity contribution is 5.81. The standard InChI is InChI=1S/C15H23N3O/c1-16-11-13-7-3-4-8-14(13)17(2)12-15(19)18-9-5-6-10-18/h3-4,7-8,16H,5-6,9-12H2,1-2H3. The lowest BCUT2D eigenvalue weighted by Gasteiger charge is -2.24. The minimum Gasteiger partial charge on any atom is -0.365 e. The molecular weight excluding hydrogens is 238 g/mol. The van der Waals surface area contributed by atoms with Crippen LogP contribution in [0.4, 0.5) is 5.69 Å². The van der Waals surface area contributed by atoms with E-state index in [4.69, 9.17) is 0 Å². The summed E-state index contributed by atoms with van der Waals surface area (Å²) >= 11 is 0. The van der Waals surface area contributed by atoms with E-state index < -0.39 is 0 Å². The van der Waals surface area contributed by atoms with Crippen molar-refractivity contribution in [2.24, 2.45) is 0 Å². The quantitative estimate of drug-likeness (QED) is 0.872. The van der Waals surface area contributed by atoms with Gasteiger partial charge in [0.05, 0.1) is 6.54 Å². The van der Waals surface area contributed by atoms with Crippen molar-refractivity contribution in [3.8, 4) is 0 Å². The van der Waals surface area contributed by atoms with Crippen LogP contribution in [0.2, 0.25) is 0 Å². The Bertz CT molecular complexity index is 427. The maximum atomic E-state index is 12.2. The number of nitrogens with one attached hydrogen (secondary N) is 1. The zero-order chi connectivity index (χ0) is 13.7. The van der Waals surface area contributed by atoms with Crippen molar-refractivity contribution in [1.29, 1.82) is 0 Å². The zero-order valence-corrected chi connectivity index (χ0v) is 11.9. The molecule has 0 atom stereocenters. The molecule has 0 unspecified atom stereocenters. The van der Waals surface area contributed by atoms with Gasteiger partial charge in [0.2, 0.25) is 5.91 Å². The van der Waals surface area contributed by atoms with Crippen molar-refractivity contribution in [2.45, 2.75) is 19.4 Å². The van der Waals surface area contributed by atoms with Crippen LogP contribution in [-0.2, 0) is 11.3 Å². The van der Waals surface area contributed by atoms with Gasteiger partial charge in [-0.3, -0.25) is 4.79 Å². The first-order chi connectivity index (χ1) is 9.22. The molecule has 1 fully saturated rings. The number of likely N-dealkylation sites (N-methyl/N-ethyl adjacent to an activating group) is 1. The Morgan fingerprint density at radius 2 is 2.00 bits per heavy atom. The van der Waals surface area contributed by atoms with Gasteiger partial charge in [0.1, 0.15) is 0 Å². The van der Waals surface area contributed by atoms with Crippen LogP contribution in [0, 0.1) is 0 Å². The summed E-state index contributed by atoms with van der Waals surface area (Å²) in [5, 5.41) is 3.17. The fourth-order valence-corrected chi connectivity index (χ4v) is 2.58. The van der Waals surface area contributed by atoms with Gasteiger partial charge in [-0.25, -0.2) is 0 Å². The third-order valence-electron chi connectivity index (χ3n) is 3.60. The number of carbonyl (C=O) groups is 1. The average molecular weight is 261 g/mol. The molecule has 1 N–H and O–H groups in total. The lowest BCUT2D eigenvalue weighted by Crippen LogP contribution is -2.37. The fourth-order valence-electron chi connectivity index (χ4n) is 2.58. The molecule has 104 valence electrons.